The first-order valence-corrected chi connectivity index (χ1v) is 10.9. The van der Waals surface area contributed by atoms with Crippen LogP contribution in [0, 0.1) is 0 Å². The van der Waals surface area contributed by atoms with Crippen molar-refractivity contribution in [3.63, 3.8) is 0 Å². The number of cyclic esters (lactones) is 1. The maximum absolute atomic E-state index is 13.6. The van der Waals surface area contributed by atoms with Gasteiger partial charge in [-0.2, -0.15) is 0 Å². The van der Waals surface area contributed by atoms with Gasteiger partial charge in [-0.25, -0.2) is 9.78 Å². The molecule has 9 nitrogen and oxygen atoms in total. The number of hydrogen-bond acceptors (Lipinski definition) is 8. The van der Waals surface area contributed by atoms with Crippen molar-refractivity contribution in [3.8, 4) is 11.4 Å². The number of nitrogen functional groups attached to an aromatic ring is 1. The average molecular weight is 448 g/mol. The Kier molecular flexibility index (Phi) is 4.66. The Balaban J connectivity index is 1.83. The van der Waals surface area contributed by atoms with Crippen molar-refractivity contribution in [2.45, 2.75) is 45.9 Å². The van der Waals surface area contributed by atoms with Crippen LogP contribution in [-0.4, -0.2) is 28.0 Å². The number of nitrogens with one attached hydrogen (secondary N) is 1. The Morgan fingerprint density at radius 3 is 2.79 bits per heavy atom. The third-order valence-corrected chi connectivity index (χ3v) is 6.39. The number of aromatic nitrogens is 2. The Morgan fingerprint density at radius 1 is 1.30 bits per heavy atom. The number of carbonyl (C=O) groups is 2. The van der Waals surface area contributed by atoms with Gasteiger partial charge in [0.1, 0.15) is 6.61 Å². The lowest BCUT2D eigenvalue weighted by molar-refractivity contribution is -0.188. The molecule has 0 amide bonds. The molecule has 2 aromatic heterocycles. The number of rotatable bonds is 4. The van der Waals surface area contributed by atoms with Crippen LogP contribution in [0.25, 0.3) is 22.3 Å². The molecule has 0 spiro atoms. The van der Waals surface area contributed by atoms with E-state index in [9.17, 15) is 14.4 Å². The van der Waals surface area contributed by atoms with E-state index in [0.717, 1.165) is 16.6 Å². The smallest absolute Gasteiger partial charge is 0.355 e. The number of nitrogens with zero attached hydrogens (tertiary/aromatic N) is 2. The highest BCUT2D eigenvalue weighted by molar-refractivity contribution is 6.04. The summed E-state index contributed by atoms with van der Waals surface area (Å²) in [6.07, 6.45) is 0.137. The van der Waals surface area contributed by atoms with Crippen molar-refractivity contribution < 1.29 is 19.1 Å². The molecule has 33 heavy (non-hydrogen) atoms. The lowest BCUT2D eigenvalue weighted by atomic mass is 9.85. The first-order chi connectivity index (χ1) is 15.8. The fraction of sp³-hybridized carbons (Fsp3) is 0.333. The molecule has 170 valence electrons. The van der Waals surface area contributed by atoms with Gasteiger partial charge in [0, 0.05) is 35.7 Å². The van der Waals surface area contributed by atoms with Gasteiger partial charge in [0.2, 0.25) is 5.60 Å². The number of benzene rings is 1. The van der Waals surface area contributed by atoms with Crippen LogP contribution in [0.1, 0.15) is 43.9 Å². The van der Waals surface area contributed by atoms with E-state index in [0.29, 0.717) is 46.8 Å². The SMILES string of the molecule is CCNc1c2c(nc3cccc(N)c13)-c1cc3c(c(=O)n1C2)COC(=O)[C@@]3(CC)OC(C)=O. The van der Waals surface area contributed by atoms with Crippen LogP contribution < -0.4 is 16.6 Å². The van der Waals surface area contributed by atoms with E-state index in [1.807, 2.05) is 25.1 Å². The first-order valence-electron chi connectivity index (χ1n) is 10.9. The fourth-order valence-electron chi connectivity index (χ4n) is 4.93. The summed E-state index contributed by atoms with van der Waals surface area (Å²) in [5.74, 6) is -1.31. The summed E-state index contributed by atoms with van der Waals surface area (Å²) in [6.45, 7) is 5.73. The van der Waals surface area contributed by atoms with Gasteiger partial charge >= 0.3 is 11.9 Å². The molecule has 5 rings (SSSR count). The summed E-state index contributed by atoms with van der Waals surface area (Å²) >= 11 is 0. The molecule has 3 N–H and O–H groups in total. The minimum absolute atomic E-state index is 0.137. The molecule has 2 aliphatic rings. The minimum Gasteiger partial charge on any atom is -0.457 e. The second kappa shape index (κ2) is 7.33. The predicted octanol–water partition coefficient (Wildman–Crippen LogP) is 2.66. The van der Waals surface area contributed by atoms with E-state index in [1.165, 1.54) is 6.92 Å². The molecule has 1 aromatic carbocycles. The Labute approximate surface area is 189 Å². The summed E-state index contributed by atoms with van der Waals surface area (Å²) in [5, 5.41) is 4.20. The number of hydrogen-bond donors (Lipinski definition) is 2. The molecule has 2 aliphatic heterocycles. The normalized spacial score (nSPS) is 18.3. The molecule has 4 heterocycles. The Bertz CT molecular complexity index is 1410. The highest BCUT2D eigenvalue weighted by Gasteiger charge is 2.50. The largest absolute Gasteiger partial charge is 0.457 e. The van der Waals surface area contributed by atoms with E-state index in [2.05, 4.69) is 5.32 Å². The molecule has 3 aromatic rings. The fourth-order valence-corrected chi connectivity index (χ4v) is 4.93. The molecule has 1 atom stereocenters. The number of carbonyl (C=O) groups excluding carboxylic acids is 2. The lowest BCUT2D eigenvalue weighted by Crippen LogP contribution is -2.47. The molecule has 0 fully saturated rings. The molecule has 9 heteroatoms. The van der Waals surface area contributed by atoms with Crippen LogP contribution in [0.3, 0.4) is 0 Å². The highest BCUT2D eigenvalue weighted by atomic mass is 16.6. The van der Waals surface area contributed by atoms with Gasteiger partial charge in [-0.15, -0.1) is 0 Å². The van der Waals surface area contributed by atoms with Crippen molar-refractivity contribution in [2.24, 2.45) is 0 Å². The lowest BCUT2D eigenvalue weighted by Gasteiger charge is -2.35. The predicted molar refractivity (Wildman–Crippen MR) is 123 cm³/mol. The number of nitrogens with two attached hydrogens (primary N) is 1. The maximum atomic E-state index is 13.6. The van der Waals surface area contributed by atoms with Crippen LogP contribution in [-0.2, 0) is 37.8 Å². The molecule has 0 radical (unpaired) electrons. The zero-order valence-corrected chi connectivity index (χ0v) is 18.7. The van der Waals surface area contributed by atoms with Crippen molar-refractivity contribution in [3.05, 3.63) is 51.3 Å². The van der Waals surface area contributed by atoms with E-state index in [1.54, 1.807) is 17.6 Å². The monoisotopic (exact) mass is 448 g/mol. The summed E-state index contributed by atoms with van der Waals surface area (Å²) < 4.78 is 12.4. The third kappa shape index (κ3) is 2.84. The van der Waals surface area contributed by atoms with Gasteiger partial charge in [-0.05, 0) is 31.5 Å². The zero-order valence-electron chi connectivity index (χ0n) is 18.7. The molecular weight excluding hydrogens is 424 g/mol. The summed E-state index contributed by atoms with van der Waals surface area (Å²) in [6, 6.07) is 7.27. The quantitative estimate of drug-likeness (QED) is 0.361. The standard InChI is InChI=1S/C24H24N4O5/c1-4-24(33-12(3)29)15-9-18-20-13(10-28(18)22(30)14(15)11-32-23(24)31)21(26-5-2)19-16(25)7-6-8-17(19)27-20/h6-9H,4-5,10-11,25H2,1-3H3,(H,26,27)/t24-/m0/s1. The minimum atomic E-state index is -1.66. The summed E-state index contributed by atoms with van der Waals surface area (Å²) in [4.78, 5) is 43.1. The van der Waals surface area contributed by atoms with Crippen molar-refractivity contribution in [1.29, 1.82) is 0 Å². The third-order valence-electron chi connectivity index (χ3n) is 6.39. The van der Waals surface area contributed by atoms with Crippen LogP contribution >= 0.6 is 0 Å². The van der Waals surface area contributed by atoms with Crippen LogP contribution in [0.4, 0.5) is 11.4 Å². The van der Waals surface area contributed by atoms with Gasteiger partial charge in [0.05, 0.1) is 34.7 Å². The van der Waals surface area contributed by atoms with Gasteiger partial charge < -0.3 is 25.1 Å². The average Bonchev–Trinajstić information content (AvgIpc) is 3.15. The van der Waals surface area contributed by atoms with Gasteiger partial charge in [-0.1, -0.05) is 13.0 Å². The Hall–Kier alpha value is -3.88. The van der Waals surface area contributed by atoms with Crippen molar-refractivity contribution in [1.82, 2.24) is 9.55 Å². The summed E-state index contributed by atoms with van der Waals surface area (Å²) in [5.41, 5.74) is 9.18. The van der Waals surface area contributed by atoms with Crippen molar-refractivity contribution in [2.75, 3.05) is 17.6 Å². The van der Waals surface area contributed by atoms with Gasteiger partial charge in [0.25, 0.3) is 5.56 Å². The Morgan fingerprint density at radius 2 is 2.09 bits per heavy atom. The highest BCUT2D eigenvalue weighted by Crippen LogP contribution is 2.44. The van der Waals surface area contributed by atoms with Crippen LogP contribution in [0.5, 0.6) is 0 Å². The second-order valence-electron chi connectivity index (χ2n) is 8.25. The molecule has 0 unspecified atom stereocenters. The molecule has 0 aliphatic carbocycles. The zero-order chi connectivity index (χ0) is 23.5. The topological polar surface area (TPSA) is 126 Å². The summed E-state index contributed by atoms with van der Waals surface area (Å²) in [7, 11) is 0. The first kappa shape index (κ1) is 21.0. The van der Waals surface area contributed by atoms with Crippen molar-refractivity contribution >= 4 is 34.2 Å². The number of pyridine rings is 2. The van der Waals surface area contributed by atoms with E-state index >= 15 is 0 Å². The van der Waals surface area contributed by atoms with E-state index < -0.39 is 17.5 Å². The van der Waals surface area contributed by atoms with E-state index in [4.69, 9.17) is 20.2 Å². The van der Waals surface area contributed by atoms with Gasteiger partial charge in [0.15, 0.2) is 0 Å². The van der Waals surface area contributed by atoms with Crippen LogP contribution in [0.15, 0.2) is 29.1 Å². The molecule has 0 saturated carbocycles. The molecule has 0 saturated heterocycles. The number of anilines is 2. The van der Waals surface area contributed by atoms with Crippen LogP contribution in [0.2, 0.25) is 0 Å². The number of ether oxygens (including phenoxy) is 2. The molecular formula is C24H24N4O5. The van der Waals surface area contributed by atoms with Gasteiger partial charge in [-0.3, -0.25) is 9.59 Å². The van der Waals surface area contributed by atoms with E-state index in [-0.39, 0.29) is 18.6 Å². The maximum Gasteiger partial charge on any atom is 0.355 e. The number of fused-ring (bicyclic) bond motifs is 5. The second-order valence-corrected chi connectivity index (χ2v) is 8.25. The molecule has 0 bridgehead atoms. The number of esters is 2.